The van der Waals surface area contributed by atoms with E-state index in [2.05, 4.69) is 10.3 Å². The number of hydrogen-bond donors (Lipinski definition) is 2. The maximum atomic E-state index is 11.7. The predicted molar refractivity (Wildman–Crippen MR) is 68.6 cm³/mol. The van der Waals surface area contributed by atoms with Gasteiger partial charge in [-0.3, -0.25) is 9.59 Å². The lowest BCUT2D eigenvalue weighted by molar-refractivity contribution is -0.148. The van der Waals surface area contributed by atoms with Crippen molar-refractivity contribution < 1.29 is 14.7 Å². The fraction of sp³-hybridized carbons (Fsp3) is 0.417. The zero-order valence-electron chi connectivity index (χ0n) is 10.5. The molecule has 0 bridgehead atoms. The first-order chi connectivity index (χ1) is 8.22. The Labute approximate surface area is 110 Å². The van der Waals surface area contributed by atoms with Crippen LogP contribution in [0.2, 0.25) is 5.15 Å². The van der Waals surface area contributed by atoms with Crippen molar-refractivity contribution in [3.63, 3.8) is 0 Å². The Hall–Kier alpha value is -1.62. The Balaban J connectivity index is 2.74. The topological polar surface area (TPSA) is 79.3 Å². The summed E-state index contributed by atoms with van der Waals surface area (Å²) in [5.74, 6) is -1.38. The van der Waals surface area contributed by atoms with Gasteiger partial charge in [0, 0.05) is 6.42 Å². The highest BCUT2D eigenvalue weighted by Gasteiger charge is 2.30. The van der Waals surface area contributed by atoms with Gasteiger partial charge in [0.2, 0.25) is 5.91 Å². The van der Waals surface area contributed by atoms with Crippen molar-refractivity contribution in [1.29, 1.82) is 0 Å². The molecule has 98 valence electrons. The first-order valence-electron chi connectivity index (χ1n) is 5.38. The Morgan fingerprint density at radius 2 is 2.11 bits per heavy atom. The number of aromatic nitrogens is 1. The quantitative estimate of drug-likeness (QED) is 0.824. The summed E-state index contributed by atoms with van der Waals surface area (Å²) in [6, 6.07) is 1.62. The van der Waals surface area contributed by atoms with Crippen molar-refractivity contribution in [2.45, 2.75) is 27.2 Å². The van der Waals surface area contributed by atoms with Crippen LogP contribution in [0.4, 0.5) is 5.69 Å². The lowest BCUT2D eigenvalue weighted by Gasteiger charge is -2.18. The normalized spacial score (nSPS) is 11.1. The Kier molecular flexibility index (Phi) is 4.29. The summed E-state index contributed by atoms with van der Waals surface area (Å²) in [6.07, 6.45) is 1.34. The van der Waals surface area contributed by atoms with Crippen LogP contribution in [0.3, 0.4) is 0 Å². The SMILES string of the molecule is Cc1cc(Cl)ncc1NC(=O)CC(C)(C)C(=O)O. The van der Waals surface area contributed by atoms with Gasteiger partial charge in [0.25, 0.3) is 0 Å². The molecule has 0 fully saturated rings. The van der Waals surface area contributed by atoms with Crippen LogP contribution in [0.5, 0.6) is 0 Å². The molecule has 1 aromatic rings. The summed E-state index contributed by atoms with van der Waals surface area (Å²) in [5.41, 5.74) is 0.208. The molecule has 0 aliphatic heterocycles. The molecule has 1 amide bonds. The highest BCUT2D eigenvalue weighted by molar-refractivity contribution is 6.29. The third-order valence-electron chi connectivity index (χ3n) is 2.53. The van der Waals surface area contributed by atoms with E-state index in [1.165, 1.54) is 20.0 Å². The summed E-state index contributed by atoms with van der Waals surface area (Å²) in [4.78, 5) is 26.5. The molecule has 0 aliphatic rings. The number of hydrogen-bond acceptors (Lipinski definition) is 3. The van der Waals surface area contributed by atoms with Crippen LogP contribution in [-0.4, -0.2) is 22.0 Å². The molecular weight excluding hydrogens is 256 g/mol. The number of amides is 1. The van der Waals surface area contributed by atoms with E-state index < -0.39 is 11.4 Å². The summed E-state index contributed by atoms with van der Waals surface area (Å²) in [5, 5.41) is 11.9. The third kappa shape index (κ3) is 3.70. The number of halogens is 1. The zero-order chi connectivity index (χ0) is 13.9. The van der Waals surface area contributed by atoms with Crippen molar-refractivity contribution in [1.82, 2.24) is 4.98 Å². The molecule has 0 spiro atoms. The lowest BCUT2D eigenvalue weighted by Crippen LogP contribution is -2.29. The van der Waals surface area contributed by atoms with E-state index in [9.17, 15) is 9.59 Å². The van der Waals surface area contributed by atoms with Crippen LogP contribution in [0, 0.1) is 12.3 Å². The standard InChI is InChI=1S/C12H15ClN2O3/c1-7-4-9(13)14-6-8(7)15-10(16)5-12(2,3)11(17)18/h4,6H,5H2,1-3H3,(H,15,16)(H,17,18). The number of pyridine rings is 1. The van der Waals surface area contributed by atoms with E-state index in [0.29, 0.717) is 10.8 Å². The van der Waals surface area contributed by atoms with Gasteiger partial charge in [-0.2, -0.15) is 0 Å². The molecule has 2 N–H and O–H groups in total. The van der Waals surface area contributed by atoms with E-state index in [0.717, 1.165) is 5.56 Å². The summed E-state index contributed by atoms with van der Waals surface area (Å²) < 4.78 is 0. The molecular formula is C12H15ClN2O3. The number of nitrogens with one attached hydrogen (secondary N) is 1. The molecule has 0 radical (unpaired) electrons. The van der Waals surface area contributed by atoms with Gasteiger partial charge in [-0.15, -0.1) is 0 Å². The number of aryl methyl sites for hydroxylation is 1. The first-order valence-corrected chi connectivity index (χ1v) is 5.75. The number of rotatable bonds is 4. The van der Waals surface area contributed by atoms with Gasteiger partial charge in [0.1, 0.15) is 5.15 Å². The summed E-state index contributed by atoms with van der Waals surface area (Å²) in [7, 11) is 0. The maximum Gasteiger partial charge on any atom is 0.309 e. The van der Waals surface area contributed by atoms with Crippen LogP contribution < -0.4 is 5.32 Å². The van der Waals surface area contributed by atoms with Gasteiger partial charge >= 0.3 is 5.97 Å². The Morgan fingerprint density at radius 1 is 1.50 bits per heavy atom. The van der Waals surface area contributed by atoms with E-state index >= 15 is 0 Å². The average Bonchev–Trinajstić information content (AvgIpc) is 2.21. The number of nitrogens with zero attached hydrogens (tertiary/aromatic N) is 1. The van der Waals surface area contributed by atoms with Gasteiger partial charge in [-0.05, 0) is 32.4 Å². The predicted octanol–water partition coefficient (Wildman–Crippen LogP) is 2.48. The second-order valence-corrected chi connectivity index (χ2v) is 5.12. The molecule has 0 aliphatic carbocycles. The lowest BCUT2D eigenvalue weighted by atomic mass is 9.89. The highest BCUT2D eigenvalue weighted by atomic mass is 35.5. The van der Waals surface area contributed by atoms with Crippen LogP contribution in [-0.2, 0) is 9.59 Å². The summed E-state index contributed by atoms with van der Waals surface area (Å²) in [6.45, 7) is 4.79. The molecule has 0 aromatic carbocycles. The van der Waals surface area contributed by atoms with Gasteiger partial charge in [0.05, 0.1) is 17.3 Å². The average molecular weight is 271 g/mol. The van der Waals surface area contributed by atoms with E-state index in [-0.39, 0.29) is 12.3 Å². The third-order valence-corrected chi connectivity index (χ3v) is 2.74. The fourth-order valence-electron chi connectivity index (χ4n) is 1.32. The van der Waals surface area contributed by atoms with Gasteiger partial charge in [0.15, 0.2) is 0 Å². The Bertz CT molecular complexity index is 486. The number of carboxylic acids is 1. The van der Waals surface area contributed by atoms with Crippen molar-refractivity contribution in [3.05, 3.63) is 23.0 Å². The number of carbonyl (C=O) groups excluding carboxylic acids is 1. The minimum atomic E-state index is -1.10. The van der Waals surface area contributed by atoms with E-state index in [4.69, 9.17) is 16.7 Å². The Morgan fingerprint density at radius 3 is 2.61 bits per heavy atom. The molecule has 0 saturated heterocycles. The second-order valence-electron chi connectivity index (χ2n) is 4.74. The monoisotopic (exact) mass is 270 g/mol. The minimum Gasteiger partial charge on any atom is -0.481 e. The first kappa shape index (κ1) is 14.4. The van der Waals surface area contributed by atoms with Gasteiger partial charge < -0.3 is 10.4 Å². The minimum absolute atomic E-state index is 0.107. The van der Waals surface area contributed by atoms with E-state index in [1.54, 1.807) is 13.0 Å². The largest absolute Gasteiger partial charge is 0.481 e. The number of carbonyl (C=O) groups is 2. The summed E-state index contributed by atoms with van der Waals surface area (Å²) >= 11 is 5.70. The zero-order valence-corrected chi connectivity index (χ0v) is 11.2. The molecule has 1 heterocycles. The smallest absolute Gasteiger partial charge is 0.309 e. The fourth-order valence-corrected chi connectivity index (χ4v) is 1.54. The molecule has 1 rings (SSSR count). The van der Waals surface area contributed by atoms with Crippen LogP contribution in [0.1, 0.15) is 25.8 Å². The van der Waals surface area contributed by atoms with Crippen molar-refractivity contribution >= 4 is 29.2 Å². The second kappa shape index (κ2) is 5.35. The highest BCUT2D eigenvalue weighted by Crippen LogP contribution is 2.22. The molecule has 5 nitrogen and oxygen atoms in total. The maximum absolute atomic E-state index is 11.7. The number of anilines is 1. The van der Waals surface area contributed by atoms with Crippen molar-refractivity contribution in [3.8, 4) is 0 Å². The van der Waals surface area contributed by atoms with Crippen molar-refractivity contribution in [2.24, 2.45) is 5.41 Å². The number of aliphatic carboxylic acids is 1. The van der Waals surface area contributed by atoms with Gasteiger partial charge in [-0.25, -0.2) is 4.98 Å². The molecule has 0 atom stereocenters. The molecule has 6 heteroatoms. The molecule has 1 aromatic heterocycles. The molecule has 18 heavy (non-hydrogen) atoms. The van der Waals surface area contributed by atoms with Crippen LogP contribution in [0.25, 0.3) is 0 Å². The molecule has 0 saturated carbocycles. The molecule has 0 unspecified atom stereocenters. The van der Waals surface area contributed by atoms with Crippen LogP contribution >= 0.6 is 11.6 Å². The van der Waals surface area contributed by atoms with Crippen molar-refractivity contribution in [2.75, 3.05) is 5.32 Å². The van der Waals surface area contributed by atoms with Gasteiger partial charge in [-0.1, -0.05) is 11.6 Å². The number of carboxylic acid groups (broad SMARTS) is 1. The van der Waals surface area contributed by atoms with E-state index in [1.807, 2.05) is 0 Å². The van der Waals surface area contributed by atoms with Crippen LogP contribution in [0.15, 0.2) is 12.3 Å².